The highest BCUT2D eigenvalue weighted by atomic mass is 35.5. The van der Waals surface area contributed by atoms with Gasteiger partial charge < -0.3 is 15.5 Å². The van der Waals surface area contributed by atoms with E-state index < -0.39 is 0 Å². The lowest BCUT2D eigenvalue weighted by atomic mass is 10.1. The SMILES string of the molecule is CCNC(=NCCc1ccc(F)cc1Cl)N1CCN(CC(=O)NC2CC2)CC1. The summed E-state index contributed by atoms with van der Waals surface area (Å²) in [7, 11) is 0. The predicted molar refractivity (Wildman–Crippen MR) is 110 cm³/mol. The van der Waals surface area contributed by atoms with Gasteiger partial charge in [-0.2, -0.15) is 0 Å². The summed E-state index contributed by atoms with van der Waals surface area (Å²) in [4.78, 5) is 21.1. The third-order valence-corrected chi connectivity index (χ3v) is 5.33. The monoisotopic (exact) mass is 409 g/mol. The summed E-state index contributed by atoms with van der Waals surface area (Å²) in [6, 6.07) is 4.89. The van der Waals surface area contributed by atoms with E-state index in [0.29, 0.717) is 30.6 Å². The number of carbonyl (C=O) groups excluding carboxylic acids is 1. The molecular formula is C20H29ClFN5O. The zero-order valence-electron chi connectivity index (χ0n) is 16.4. The number of piperazine rings is 1. The quantitative estimate of drug-likeness (QED) is 0.533. The predicted octanol–water partition coefficient (Wildman–Crippen LogP) is 1.88. The van der Waals surface area contributed by atoms with Crippen molar-refractivity contribution in [2.24, 2.45) is 4.99 Å². The first-order chi connectivity index (χ1) is 13.5. The molecule has 1 saturated carbocycles. The molecular weight excluding hydrogens is 381 g/mol. The number of hydrogen-bond donors (Lipinski definition) is 2. The lowest BCUT2D eigenvalue weighted by Gasteiger charge is -2.36. The average Bonchev–Trinajstić information content (AvgIpc) is 3.47. The highest BCUT2D eigenvalue weighted by Crippen LogP contribution is 2.19. The molecule has 0 unspecified atom stereocenters. The van der Waals surface area contributed by atoms with Crippen LogP contribution in [-0.4, -0.2) is 73.5 Å². The third-order valence-electron chi connectivity index (χ3n) is 4.97. The van der Waals surface area contributed by atoms with Crippen molar-refractivity contribution in [1.82, 2.24) is 20.4 Å². The molecule has 6 nitrogen and oxygen atoms in total. The summed E-state index contributed by atoms with van der Waals surface area (Å²) in [5.41, 5.74) is 0.897. The minimum Gasteiger partial charge on any atom is -0.357 e. The maximum Gasteiger partial charge on any atom is 0.234 e. The van der Waals surface area contributed by atoms with Gasteiger partial charge in [-0.05, 0) is 43.9 Å². The Morgan fingerprint density at radius 3 is 2.68 bits per heavy atom. The highest BCUT2D eigenvalue weighted by molar-refractivity contribution is 6.31. The Bertz CT molecular complexity index is 702. The molecule has 3 rings (SSSR count). The number of benzene rings is 1. The lowest BCUT2D eigenvalue weighted by Crippen LogP contribution is -2.54. The molecule has 1 aromatic rings. The molecule has 154 valence electrons. The van der Waals surface area contributed by atoms with E-state index >= 15 is 0 Å². The van der Waals surface area contributed by atoms with Gasteiger partial charge in [-0.25, -0.2) is 4.39 Å². The van der Waals surface area contributed by atoms with Gasteiger partial charge in [0.15, 0.2) is 5.96 Å². The van der Waals surface area contributed by atoms with Gasteiger partial charge in [-0.1, -0.05) is 17.7 Å². The van der Waals surface area contributed by atoms with Crippen molar-refractivity contribution in [3.8, 4) is 0 Å². The van der Waals surface area contributed by atoms with Gasteiger partial charge >= 0.3 is 0 Å². The van der Waals surface area contributed by atoms with Crippen LogP contribution in [0.1, 0.15) is 25.3 Å². The van der Waals surface area contributed by atoms with Crippen LogP contribution < -0.4 is 10.6 Å². The standard InChI is InChI=1S/C20H29ClFN5O/c1-2-23-20(24-8-7-15-3-4-16(22)13-18(15)21)27-11-9-26(10-12-27)14-19(28)25-17-5-6-17/h3-4,13,17H,2,5-12,14H2,1H3,(H,23,24)(H,25,28). The third kappa shape index (κ3) is 6.34. The fourth-order valence-electron chi connectivity index (χ4n) is 3.25. The topological polar surface area (TPSA) is 60.0 Å². The number of nitrogens with zero attached hydrogens (tertiary/aromatic N) is 3. The number of aliphatic imine (C=N–C) groups is 1. The van der Waals surface area contributed by atoms with Crippen LogP contribution in [0.15, 0.2) is 23.2 Å². The molecule has 1 amide bonds. The van der Waals surface area contributed by atoms with Crippen molar-refractivity contribution in [1.29, 1.82) is 0 Å². The molecule has 2 fully saturated rings. The Kier molecular flexibility index (Phi) is 7.50. The number of nitrogens with one attached hydrogen (secondary N) is 2. The van der Waals surface area contributed by atoms with Crippen LogP contribution in [0.2, 0.25) is 5.02 Å². The van der Waals surface area contributed by atoms with Crippen LogP contribution in [0.4, 0.5) is 4.39 Å². The molecule has 1 aliphatic heterocycles. The van der Waals surface area contributed by atoms with E-state index in [4.69, 9.17) is 16.6 Å². The molecule has 8 heteroatoms. The van der Waals surface area contributed by atoms with Crippen molar-refractivity contribution >= 4 is 23.5 Å². The first-order valence-corrected chi connectivity index (χ1v) is 10.4. The van der Waals surface area contributed by atoms with E-state index in [9.17, 15) is 9.18 Å². The zero-order chi connectivity index (χ0) is 19.9. The van der Waals surface area contributed by atoms with Crippen LogP contribution in [0.3, 0.4) is 0 Å². The average molecular weight is 410 g/mol. The first-order valence-electron chi connectivity index (χ1n) is 10.0. The molecule has 1 heterocycles. The molecule has 1 saturated heterocycles. The van der Waals surface area contributed by atoms with E-state index in [-0.39, 0.29) is 11.7 Å². The molecule has 1 aliphatic carbocycles. The Hall–Kier alpha value is -1.86. The number of hydrogen-bond acceptors (Lipinski definition) is 3. The maximum absolute atomic E-state index is 13.2. The summed E-state index contributed by atoms with van der Waals surface area (Å²) in [6.45, 7) is 7.24. The van der Waals surface area contributed by atoms with Crippen molar-refractivity contribution in [2.75, 3.05) is 45.8 Å². The van der Waals surface area contributed by atoms with Crippen molar-refractivity contribution < 1.29 is 9.18 Å². The normalized spacial score (nSPS) is 18.2. The van der Waals surface area contributed by atoms with Gasteiger partial charge in [0.25, 0.3) is 0 Å². The molecule has 28 heavy (non-hydrogen) atoms. The van der Waals surface area contributed by atoms with Gasteiger partial charge in [0.05, 0.1) is 6.54 Å². The summed E-state index contributed by atoms with van der Waals surface area (Å²) in [5.74, 6) is 0.685. The van der Waals surface area contributed by atoms with E-state index in [1.165, 1.54) is 12.1 Å². The summed E-state index contributed by atoms with van der Waals surface area (Å²) in [5, 5.41) is 6.82. The Labute approximate surface area is 171 Å². The molecule has 0 atom stereocenters. The minimum absolute atomic E-state index is 0.132. The first kappa shape index (κ1) is 20.9. The van der Waals surface area contributed by atoms with Crippen LogP contribution in [0.25, 0.3) is 0 Å². The largest absolute Gasteiger partial charge is 0.357 e. The summed E-state index contributed by atoms with van der Waals surface area (Å²) < 4.78 is 13.2. The molecule has 1 aromatic carbocycles. The van der Waals surface area contributed by atoms with E-state index in [2.05, 4.69) is 20.4 Å². The molecule has 2 aliphatic rings. The smallest absolute Gasteiger partial charge is 0.234 e. The van der Waals surface area contributed by atoms with Gasteiger partial charge in [0.1, 0.15) is 5.82 Å². The van der Waals surface area contributed by atoms with E-state index in [1.807, 2.05) is 6.92 Å². The van der Waals surface area contributed by atoms with E-state index in [0.717, 1.165) is 57.1 Å². The number of rotatable bonds is 7. The van der Waals surface area contributed by atoms with Gasteiger partial charge in [0.2, 0.25) is 5.91 Å². The Morgan fingerprint density at radius 2 is 2.04 bits per heavy atom. The number of amides is 1. The second-order valence-electron chi connectivity index (χ2n) is 7.33. The van der Waals surface area contributed by atoms with Gasteiger partial charge in [-0.15, -0.1) is 0 Å². The Morgan fingerprint density at radius 1 is 1.29 bits per heavy atom. The number of halogens is 2. The van der Waals surface area contributed by atoms with Gasteiger partial charge in [0, 0.05) is 50.3 Å². The van der Waals surface area contributed by atoms with Crippen LogP contribution in [0, 0.1) is 5.82 Å². The Balaban J connectivity index is 1.47. The lowest BCUT2D eigenvalue weighted by molar-refractivity contribution is -0.122. The van der Waals surface area contributed by atoms with Gasteiger partial charge in [-0.3, -0.25) is 14.7 Å². The van der Waals surface area contributed by atoms with E-state index in [1.54, 1.807) is 6.07 Å². The van der Waals surface area contributed by atoms with Crippen molar-refractivity contribution in [2.45, 2.75) is 32.2 Å². The summed E-state index contributed by atoms with van der Waals surface area (Å²) >= 11 is 6.09. The van der Waals surface area contributed by atoms with Crippen LogP contribution in [-0.2, 0) is 11.2 Å². The second-order valence-corrected chi connectivity index (χ2v) is 7.73. The second kappa shape index (κ2) is 10.1. The summed E-state index contributed by atoms with van der Waals surface area (Å²) in [6.07, 6.45) is 2.89. The minimum atomic E-state index is -0.325. The highest BCUT2D eigenvalue weighted by Gasteiger charge is 2.25. The zero-order valence-corrected chi connectivity index (χ0v) is 17.1. The fraction of sp³-hybridized carbons (Fsp3) is 0.600. The van der Waals surface area contributed by atoms with Crippen LogP contribution >= 0.6 is 11.6 Å². The van der Waals surface area contributed by atoms with Crippen molar-refractivity contribution in [3.63, 3.8) is 0 Å². The maximum atomic E-state index is 13.2. The fourth-order valence-corrected chi connectivity index (χ4v) is 3.52. The molecule has 0 bridgehead atoms. The number of carbonyl (C=O) groups is 1. The molecule has 0 aromatic heterocycles. The number of guanidine groups is 1. The molecule has 2 N–H and O–H groups in total. The van der Waals surface area contributed by atoms with Crippen LogP contribution in [0.5, 0.6) is 0 Å². The van der Waals surface area contributed by atoms with Crippen molar-refractivity contribution in [3.05, 3.63) is 34.6 Å². The molecule has 0 radical (unpaired) electrons. The molecule has 0 spiro atoms.